The van der Waals surface area contributed by atoms with Crippen molar-refractivity contribution in [1.82, 2.24) is 4.98 Å². The third-order valence-corrected chi connectivity index (χ3v) is 2.45. The van der Waals surface area contributed by atoms with E-state index in [1.807, 2.05) is 6.07 Å². The van der Waals surface area contributed by atoms with Crippen LogP contribution in [-0.2, 0) is 4.74 Å². The van der Waals surface area contributed by atoms with Gasteiger partial charge >= 0.3 is 0 Å². The fraction of sp³-hybridized carbons (Fsp3) is 0.455. The van der Waals surface area contributed by atoms with E-state index >= 15 is 0 Å². The maximum atomic E-state index is 8.75. The normalized spacial score (nSPS) is 19.3. The van der Waals surface area contributed by atoms with Crippen LogP contribution in [0.1, 0.15) is 18.5 Å². The van der Waals surface area contributed by atoms with Crippen molar-refractivity contribution in [1.29, 1.82) is 5.26 Å². The van der Waals surface area contributed by atoms with Gasteiger partial charge in [-0.1, -0.05) is 0 Å². The Hall–Kier alpha value is -1.80. The molecule has 1 fully saturated rings. The van der Waals surface area contributed by atoms with Gasteiger partial charge in [0.15, 0.2) is 5.69 Å². The van der Waals surface area contributed by atoms with Gasteiger partial charge in [-0.2, -0.15) is 5.26 Å². The van der Waals surface area contributed by atoms with E-state index in [2.05, 4.69) is 4.98 Å². The summed E-state index contributed by atoms with van der Waals surface area (Å²) < 4.78 is 10.9. The second kappa shape index (κ2) is 4.81. The van der Waals surface area contributed by atoms with Crippen LogP contribution in [0.2, 0.25) is 0 Å². The Kier molecular flexibility index (Phi) is 3.22. The number of nitrogen functional groups attached to an aromatic ring is 1. The van der Waals surface area contributed by atoms with Gasteiger partial charge in [0.25, 0.3) is 0 Å². The molecule has 5 heteroatoms. The number of ether oxygens (including phenoxy) is 2. The van der Waals surface area contributed by atoms with E-state index in [1.165, 1.54) is 0 Å². The van der Waals surface area contributed by atoms with E-state index in [-0.39, 0.29) is 11.8 Å². The lowest BCUT2D eigenvalue weighted by Gasteiger charge is -2.10. The molecule has 16 heavy (non-hydrogen) atoms. The number of nitrogens with two attached hydrogens (primary N) is 1. The standard InChI is InChI=1S/C11H13N3O2/c12-6-10-9(13)3-4-11(14-10)16-7-8-2-1-5-15-8/h3-4,8H,1-2,5,7,13H2. The molecule has 0 spiro atoms. The number of hydrogen-bond donors (Lipinski definition) is 1. The topological polar surface area (TPSA) is 81.2 Å². The molecule has 1 atom stereocenters. The largest absolute Gasteiger partial charge is 0.475 e. The first-order valence-corrected chi connectivity index (χ1v) is 5.20. The first-order valence-electron chi connectivity index (χ1n) is 5.20. The second-order valence-corrected chi connectivity index (χ2v) is 3.65. The lowest BCUT2D eigenvalue weighted by molar-refractivity contribution is 0.0663. The van der Waals surface area contributed by atoms with Gasteiger partial charge in [-0.05, 0) is 18.9 Å². The van der Waals surface area contributed by atoms with E-state index in [1.54, 1.807) is 12.1 Å². The average molecular weight is 219 g/mol. The van der Waals surface area contributed by atoms with Crippen molar-refractivity contribution in [2.75, 3.05) is 18.9 Å². The van der Waals surface area contributed by atoms with Crippen molar-refractivity contribution in [2.24, 2.45) is 0 Å². The number of rotatable bonds is 3. The van der Waals surface area contributed by atoms with E-state index in [4.69, 9.17) is 20.5 Å². The molecule has 0 aliphatic carbocycles. The van der Waals surface area contributed by atoms with Crippen molar-refractivity contribution in [2.45, 2.75) is 18.9 Å². The summed E-state index contributed by atoms with van der Waals surface area (Å²) in [6.07, 6.45) is 2.23. The lowest BCUT2D eigenvalue weighted by Crippen LogP contribution is -2.16. The Morgan fingerprint density at radius 2 is 2.50 bits per heavy atom. The van der Waals surface area contributed by atoms with Crippen molar-refractivity contribution < 1.29 is 9.47 Å². The molecule has 1 aromatic rings. The molecule has 1 unspecified atom stereocenters. The van der Waals surface area contributed by atoms with E-state index in [0.29, 0.717) is 18.2 Å². The van der Waals surface area contributed by atoms with Gasteiger partial charge in [-0.15, -0.1) is 0 Å². The van der Waals surface area contributed by atoms with Crippen LogP contribution in [0.4, 0.5) is 5.69 Å². The predicted molar refractivity (Wildman–Crippen MR) is 57.8 cm³/mol. The van der Waals surface area contributed by atoms with Crippen LogP contribution in [0, 0.1) is 11.3 Å². The van der Waals surface area contributed by atoms with Crippen LogP contribution in [0.15, 0.2) is 12.1 Å². The molecule has 2 N–H and O–H groups in total. The molecule has 84 valence electrons. The molecule has 2 rings (SSSR count). The fourth-order valence-corrected chi connectivity index (χ4v) is 1.58. The summed E-state index contributed by atoms with van der Waals surface area (Å²) in [5.41, 5.74) is 6.12. The molecule has 0 saturated carbocycles. The zero-order valence-electron chi connectivity index (χ0n) is 8.85. The molecule has 1 aromatic heterocycles. The van der Waals surface area contributed by atoms with Gasteiger partial charge in [-0.25, -0.2) is 4.98 Å². The second-order valence-electron chi connectivity index (χ2n) is 3.65. The molecule has 1 saturated heterocycles. The van der Waals surface area contributed by atoms with Gasteiger partial charge in [0.1, 0.15) is 12.7 Å². The Bertz CT molecular complexity index is 408. The van der Waals surface area contributed by atoms with E-state index < -0.39 is 0 Å². The predicted octanol–water partition coefficient (Wildman–Crippen LogP) is 1.09. The minimum absolute atomic E-state index is 0.143. The van der Waals surface area contributed by atoms with Crippen molar-refractivity contribution in [3.63, 3.8) is 0 Å². The molecule has 1 aliphatic heterocycles. The van der Waals surface area contributed by atoms with Crippen LogP contribution in [0.5, 0.6) is 5.88 Å². The number of anilines is 1. The Morgan fingerprint density at radius 3 is 3.19 bits per heavy atom. The van der Waals surface area contributed by atoms with Gasteiger partial charge in [-0.3, -0.25) is 0 Å². The SMILES string of the molecule is N#Cc1nc(OCC2CCCO2)ccc1N. The van der Waals surface area contributed by atoms with Crippen LogP contribution < -0.4 is 10.5 Å². The Morgan fingerprint density at radius 1 is 1.62 bits per heavy atom. The zero-order chi connectivity index (χ0) is 11.4. The molecular weight excluding hydrogens is 206 g/mol. The number of pyridine rings is 1. The van der Waals surface area contributed by atoms with Crippen LogP contribution >= 0.6 is 0 Å². The number of nitriles is 1. The number of nitrogens with zero attached hydrogens (tertiary/aromatic N) is 2. The maximum absolute atomic E-state index is 8.75. The smallest absolute Gasteiger partial charge is 0.214 e. The number of hydrogen-bond acceptors (Lipinski definition) is 5. The highest BCUT2D eigenvalue weighted by atomic mass is 16.5. The third kappa shape index (κ3) is 2.41. The minimum atomic E-state index is 0.143. The molecule has 5 nitrogen and oxygen atoms in total. The zero-order valence-corrected chi connectivity index (χ0v) is 8.85. The van der Waals surface area contributed by atoms with E-state index in [0.717, 1.165) is 19.4 Å². The molecule has 0 bridgehead atoms. The molecule has 0 amide bonds. The third-order valence-electron chi connectivity index (χ3n) is 2.45. The maximum Gasteiger partial charge on any atom is 0.214 e. The Balaban J connectivity index is 1.96. The van der Waals surface area contributed by atoms with Crippen molar-refractivity contribution >= 4 is 5.69 Å². The summed E-state index contributed by atoms with van der Waals surface area (Å²) >= 11 is 0. The fourth-order valence-electron chi connectivity index (χ4n) is 1.58. The van der Waals surface area contributed by atoms with Gasteiger partial charge < -0.3 is 15.2 Å². The summed E-state index contributed by atoms with van der Waals surface area (Å²) in [7, 11) is 0. The highest BCUT2D eigenvalue weighted by Gasteiger charge is 2.16. The monoisotopic (exact) mass is 219 g/mol. The Labute approximate surface area is 93.8 Å². The lowest BCUT2D eigenvalue weighted by atomic mass is 10.2. The first-order chi connectivity index (χ1) is 7.79. The minimum Gasteiger partial charge on any atom is -0.475 e. The van der Waals surface area contributed by atoms with Crippen molar-refractivity contribution in [3.8, 4) is 11.9 Å². The molecule has 0 radical (unpaired) electrons. The molecule has 1 aliphatic rings. The van der Waals surface area contributed by atoms with Crippen LogP contribution in [0.25, 0.3) is 0 Å². The average Bonchev–Trinajstić information content (AvgIpc) is 2.81. The quantitative estimate of drug-likeness (QED) is 0.823. The highest BCUT2D eigenvalue weighted by Crippen LogP contribution is 2.16. The molecule has 2 heterocycles. The summed E-state index contributed by atoms with van der Waals surface area (Å²) in [5.74, 6) is 0.418. The number of aromatic nitrogens is 1. The van der Waals surface area contributed by atoms with Gasteiger partial charge in [0.2, 0.25) is 5.88 Å². The van der Waals surface area contributed by atoms with E-state index in [9.17, 15) is 0 Å². The first kappa shape index (κ1) is 10.7. The summed E-state index contributed by atoms with van der Waals surface area (Å²) in [6, 6.07) is 5.20. The van der Waals surface area contributed by atoms with Gasteiger partial charge in [0.05, 0.1) is 11.8 Å². The van der Waals surface area contributed by atoms with Crippen LogP contribution in [0.3, 0.4) is 0 Å². The summed E-state index contributed by atoms with van der Waals surface area (Å²) in [5, 5.41) is 8.75. The summed E-state index contributed by atoms with van der Waals surface area (Å²) in [6.45, 7) is 1.27. The van der Waals surface area contributed by atoms with Crippen molar-refractivity contribution in [3.05, 3.63) is 17.8 Å². The van der Waals surface area contributed by atoms with Crippen LogP contribution in [-0.4, -0.2) is 24.3 Å². The highest BCUT2D eigenvalue weighted by molar-refractivity contribution is 5.50. The molecule has 0 aromatic carbocycles. The summed E-state index contributed by atoms with van der Waals surface area (Å²) in [4.78, 5) is 3.99. The molecular formula is C11H13N3O2. The van der Waals surface area contributed by atoms with Gasteiger partial charge in [0, 0.05) is 12.7 Å².